The molecule has 4 heteroatoms. The van der Waals surface area contributed by atoms with Crippen LogP contribution in [0.15, 0.2) is 108 Å². The Morgan fingerprint density at radius 1 is 0.600 bits per heavy atom. The van der Waals surface area contributed by atoms with Crippen molar-refractivity contribution < 1.29 is 4.42 Å². The Bertz CT molecular complexity index is 1330. The van der Waals surface area contributed by atoms with Gasteiger partial charge in [0.05, 0.1) is 27.1 Å². The van der Waals surface area contributed by atoms with Gasteiger partial charge < -0.3 is 9.32 Å². The number of anilines is 3. The lowest BCUT2D eigenvalue weighted by Gasteiger charge is -2.27. The zero-order valence-corrected chi connectivity index (χ0v) is 17.4. The van der Waals surface area contributed by atoms with Crippen molar-refractivity contribution in [3.05, 3.63) is 113 Å². The summed E-state index contributed by atoms with van der Waals surface area (Å²) >= 11 is 13.1. The first-order chi connectivity index (χ1) is 14.7. The van der Waals surface area contributed by atoms with Gasteiger partial charge in [-0.3, -0.25) is 0 Å². The molecule has 0 atom stereocenters. The highest BCUT2D eigenvalue weighted by molar-refractivity contribution is 6.44. The van der Waals surface area contributed by atoms with Gasteiger partial charge in [-0.1, -0.05) is 89.9 Å². The molecule has 0 saturated heterocycles. The van der Waals surface area contributed by atoms with Crippen LogP contribution in [0.1, 0.15) is 0 Å². The topological polar surface area (TPSA) is 16.4 Å². The maximum Gasteiger partial charge on any atom is 0.136 e. The second-order valence-electron chi connectivity index (χ2n) is 6.91. The highest BCUT2D eigenvalue weighted by Gasteiger charge is 2.23. The molecule has 1 aromatic heterocycles. The lowest BCUT2D eigenvalue weighted by molar-refractivity contribution is 0.616. The van der Waals surface area contributed by atoms with E-state index in [2.05, 4.69) is 29.2 Å². The minimum atomic E-state index is 0.493. The molecule has 0 fully saturated rings. The molecule has 0 spiro atoms. The summed E-state index contributed by atoms with van der Waals surface area (Å²) in [5.41, 5.74) is 5.69. The van der Waals surface area contributed by atoms with Crippen molar-refractivity contribution >= 4 is 51.2 Å². The quantitative estimate of drug-likeness (QED) is 0.283. The van der Waals surface area contributed by atoms with Gasteiger partial charge >= 0.3 is 0 Å². The lowest BCUT2D eigenvalue weighted by atomic mass is 10.0. The SMILES string of the molecule is Clc1cccc(N(c2ccccc2-c2ccccc2)c2coc3ccccc23)c1Cl. The second-order valence-corrected chi connectivity index (χ2v) is 7.69. The van der Waals surface area contributed by atoms with E-state index in [4.69, 9.17) is 27.6 Å². The van der Waals surface area contributed by atoms with E-state index in [-0.39, 0.29) is 0 Å². The largest absolute Gasteiger partial charge is 0.462 e. The number of nitrogens with zero attached hydrogens (tertiary/aromatic N) is 1. The van der Waals surface area contributed by atoms with Crippen LogP contribution >= 0.6 is 23.2 Å². The Labute approximate surface area is 184 Å². The third-order valence-corrected chi connectivity index (χ3v) is 5.91. The monoisotopic (exact) mass is 429 g/mol. The number of halogens is 2. The Morgan fingerprint density at radius 3 is 2.17 bits per heavy atom. The third kappa shape index (κ3) is 3.24. The Balaban J connectivity index is 1.82. The van der Waals surface area contributed by atoms with Crippen molar-refractivity contribution in [3.63, 3.8) is 0 Å². The molecule has 2 nitrogen and oxygen atoms in total. The van der Waals surface area contributed by atoms with Crippen molar-refractivity contribution in [1.29, 1.82) is 0 Å². The molecule has 0 amide bonds. The molecule has 0 N–H and O–H groups in total. The molecule has 0 bridgehead atoms. The van der Waals surface area contributed by atoms with Crippen LogP contribution in [0.3, 0.4) is 0 Å². The van der Waals surface area contributed by atoms with Gasteiger partial charge in [-0.2, -0.15) is 0 Å². The first-order valence-corrected chi connectivity index (χ1v) is 10.3. The van der Waals surface area contributed by atoms with Crippen LogP contribution in [0.4, 0.5) is 17.1 Å². The first-order valence-electron chi connectivity index (χ1n) is 9.59. The number of hydrogen-bond acceptors (Lipinski definition) is 2. The summed E-state index contributed by atoms with van der Waals surface area (Å²) in [5, 5.41) is 1.99. The van der Waals surface area contributed by atoms with E-state index in [1.165, 1.54) is 0 Å². The normalized spacial score (nSPS) is 11.0. The van der Waals surface area contributed by atoms with Gasteiger partial charge in [0.25, 0.3) is 0 Å². The van der Waals surface area contributed by atoms with Gasteiger partial charge in [-0.25, -0.2) is 0 Å². The Hall–Kier alpha value is -3.20. The van der Waals surface area contributed by atoms with Crippen molar-refractivity contribution in [2.75, 3.05) is 4.90 Å². The van der Waals surface area contributed by atoms with Crippen molar-refractivity contribution in [1.82, 2.24) is 0 Å². The number of benzene rings is 4. The maximum absolute atomic E-state index is 6.70. The summed E-state index contributed by atoms with van der Waals surface area (Å²) in [7, 11) is 0. The molecule has 4 aromatic carbocycles. The van der Waals surface area contributed by atoms with E-state index >= 15 is 0 Å². The summed E-state index contributed by atoms with van der Waals surface area (Å²) in [6.07, 6.45) is 1.77. The average molecular weight is 430 g/mol. The molecule has 1 heterocycles. The molecule has 5 rings (SSSR count). The van der Waals surface area contributed by atoms with Crippen LogP contribution < -0.4 is 4.90 Å². The van der Waals surface area contributed by atoms with E-state index in [1.54, 1.807) is 12.3 Å². The summed E-state index contributed by atoms with van der Waals surface area (Å²) in [6, 6.07) is 32.2. The Morgan fingerprint density at radius 2 is 1.30 bits per heavy atom. The molecule has 5 aromatic rings. The molecular formula is C26H17Cl2NO. The van der Waals surface area contributed by atoms with Gasteiger partial charge in [-0.05, 0) is 35.9 Å². The molecule has 30 heavy (non-hydrogen) atoms. The fraction of sp³-hybridized carbons (Fsp3) is 0. The second kappa shape index (κ2) is 7.91. The van der Waals surface area contributed by atoms with Crippen LogP contribution in [0.5, 0.6) is 0 Å². The number of fused-ring (bicyclic) bond motifs is 1. The van der Waals surface area contributed by atoms with Gasteiger partial charge in [0.15, 0.2) is 0 Å². The standard InChI is InChI=1S/C26H17Cl2NO/c27-21-13-8-15-23(26(21)28)29(24-17-30-25-16-7-5-12-20(24)25)22-14-6-4-11-19(22)18-9-2-1-3-10-18/h1-17H. The van der Waals surface area contributed by atoms with Crippen LogP contribution in [0, 0.1) is 0 Å². The third-order valence-electron chi connectivity index (χ3n) is 5.10. The number of furan rings is 1. The van der Waals surface area contributed by atoms with Gasteiger partial charge in [-0.15, -0.1) is 0 Å². The van der Waals surface area contributed by atoms with E-state index < -0.39 is 0 Å². The predicted molar refractivity (Wildman–Crippen MR) is 126 cm³/mol. The van der Waals surface area contributed by atoms with Crippen LogP contribution in [-0.4, -0.2) is 0 Å². The zero-order chi connectivity index (χ0) is 20.5. The summed E-state index contributed by atoms with van der Waals surface area (Å²) in [5.74, 6) is 0. The number of rotatable bonds is 4. The maximum atomic E-state index is 6.70. The molecule has 0 aliphatic heterocycles. The molecule has 0 unspecified atom stereocenters. The van der Waals surface area contributed by atoms with Crippen molar-refractivity contribution in [2.24, 2.45) is 0 Å². The molecule has 0 radical (unpaired) electrons. The highest BCUT2D eigenvalue weighted by atomic mass is 35.5. The fourth-order valence-electron chi connectivity index (χ4n) is 3.72. The molecule has 0 aliphatic carbocycles. The average Bonchev–Trinajstić information content (AvgIpc) is 3.22. The summed E-state index contributed by atoms with van der Waals surface area (Å²) < 4.78 is 5.87. The summed E-state index contributed by atoms with van der Waals surface area (Å²) in [4.78, 5) is 2.11. The van der Waals surface area contributed by atoms with E-state index in [1.807, 2.05) is 66.7 Å². The number of hydrogen-bond donors (Lipinski definition) is 0. The molecular weight excluding hydrogens is 413 g/mol. The van der Waals surface area contributed by atoms with E-state index in [9.17, 15) is 0 Å². The van der Waals surface area contributed by atoms with Gasteiger partial charge in [0, 0.05) is 10.9 Å². The molecule has 0 aliphatic rings. The highest BCUT2D eigenvalue weighted by Crippen LogP contribution is 2.47. The summed E-state index contributed by atoms with van der Waals surface area (Å²) in [6.45, 7) is 0. The Kier molecular flexibility index (Phi) is 4.96. The van der Waals surface area contributed by atoms with Gasteiger partial charge in [0.2, 0.25) is 0 Å². The molecule has 0 saturated carbocycles. The lowest BCUT2D eigenvalue weighted by Crippen LogP contribution is -2.11. The minimum absolute atomic E-state index is 0.493. The van der Waals surface area contributed by atoms with Crippen molar-refractivity contribution in [2.45, 2.75) is 0 Å². The fourth-order valence-corrected chi connectivity index (χ4v) is 4.10. The first kappa shape index (κ1) is 18.8. The smallest absolute Gasteiger partial charge is 0.136 e. The zero-order valence-electron chi connectivity index (χ0n) is 15.9. The minimum Gasteiger partial charge on any atom is -0.462 e. The van der Waals surface area contributed by atoms with E-state index in [0.717, 1.165) is 39.2 Å². The van der Waals surface area contributed by atoms with Crippen LogP contribution in [0.2, 0.25) is 10.0 Å². The number of para-hydroxylation sites is 2. The predicted octanol–water partition coefficient (Wildman–Crippen LogP) is 8.88. The van der Waals surface area contributed by atoms with Crippen molar-refractivity contribution in [3.8, 4) is 11.1 Å². The van der Waals surface area contributed by atoms with E-state index in [0.29, 0.717) is 10.0 Å². The van der Waals surface area contributed by atoms with Gasteiger partial charge in [0.1, 0.15) is 11.8 Å². The van der Waals surface area contributed by atoms with Crippen LogP contribution in [-0.2, 0) is 0 Å². The van der Waals surface area contributed by atoms with Crippen LogP contribution in [0.25, 0.3) is 22.1 Å². The molecule has 146 valence electrons.